The zero-order chi connectivity index (χ0) is 12.8. The molecule has 0 radical (unpaired) electrons. The van der Waals surface area contributed by atoms with Gasteiger partial charge in [0, 0.05) is 18.8 Å². The van der Waals surface area contributed by atoms with Crippen molar-refractivity contribution >= 4 is 5.65 Å². The third-order valence-corrected chi connectivity index (χ3v) is 5.10. The van der Waals surface area contributed by atoms with Gasteiger partial charge in [-0.1, -0.05) is 12.5 Å². The van der Waals surface area contributed by atoms with Gasteiger partial charge in [0.15, 0.2) is 0 Å². The monoisotopic (exact) mass is 255 g/mol. The minimum atomic E-state index is 0.743. The van der Waals surface area contributed by atoms with Crippen molar-refractivity contribution in [3.63, 3.8) is 0 Å². The van der Waals surface area contributed by atoms with Gasteiger partial charge in [-0.3, -0.25) is 0 Å². The molecule has 2 aliphatic rings. The number of rotatable bonds is 3. The highest BCUT2D eigenvalue weighted by Crippen LogP contribution is 2.44. The van der Waals surface area contributed by atoms with Crippen molar-refractivity contribution < 1.29 is 0 Å². The Kier molecular flexibility index (Phi) is 2.62. The summed E-state index contributed by atoms with van der Waals surface area (Å²) in [6, 6.07) is 6.95. The number of pyridine rings is 1. The summed E-state index contributed by atoms with van der Waals surface area (Å²) in [6.07, 6.45) is 7.88. The molecular weight excluding hydrogens is 234 g/mol. The van der Waals surface area contributed by atoms with Crippen LogP contribution in [0, 0.1) is 18.8 Å². The largest absolute Gasteiger partial charge is 0.308 e. The molecular formula is C16H21N3. The number of aryl methyl sites for hydroxylation is 1. The number of fused-ring (bicyclic) bond motifs is 3. The van der Waals surface area contributed by atoms with E-state index in [0.29, 0.717) is 0 Å². The Morgan fingerprint density at radius 1 is 1.32 bits per heavy atom. The molecule has 0 amide bonds. The van der Waals surface area contributed by atoms with Crippen LogP contribution in [-0.4, -0.2) is 15.4 Å². The van der Waals surface area contributed by atoms with Crippen LogP contribution >= 0.6 is 0 Å². The molecule has 2 aliphatic carbocycles. The molecule has 2 fully saturated rings. The summed E-state index contributed by atoms with van der Waals surface area (Å²) >= 11 is 0. The van der Waals surface area contributed by atoms with Gasteiger partial charge < -0.3 is 9.72 Å². The molecule has 1 N–H and O–H groups in total. The number of nitrogens with one attached hydrogen (secondary N) is 1. The zero-order valence-corrected chi connectivity index (χ0v) is 11.5. The standard InChI is InChI=1S/C16H21N3/c1-11-15(19-7-3-2-4-16(19)18-11)10-17-14-9-12-5-6-13(14)8-12/h2-4,7,12-14,17H,5-6,8-10H2,1H3. The molecule has 0 aromatic carbocycles. The molecule has 0 spiro atoms. The van der Waals surface area contributed by atoms with Crippen molar-refractivity contribution in [2.24, 2.45) is 11.8 Å². The van der Waals surface area contributed by atoms with Crippen molar-refractivity contribution in [1.29, 1.82) is 0 Å². The maximum Gasteiger partial charge on any atom is 0.137 e. The van der Waals surface area contributed by atoms with E-state index >= 15 is 0 Å². The van der Waals surface area contributed by atoms with E-state index in [-0.39, 0.29) is 0 Å². The van der Waals surface area contributed by atoms with Crippen molar-refractivity contribution in [2.75, 3.05) is 0 Å². The summed E-state index contributed by atoms with van der Waals surface area (Å²) in [5.74, 6) is 1.94. The lowest BCUT2D eigenvalue weighted by molar-refractivity contribution is 0.349. The van der Waals surface area contributed by atoms with Crippen LogP contribution in [0.5, 0.6) is 0 Å². The first-order valence-electron chi connectivity index (χ1n) is 7.47. The van der Waals surface area contributed by atoms with E-state index in [4.69, 9.17) is 0 Å². The van der Waals surface area contributed by atoms with Crippen LogP contribution in [0.15, 0.2) is 24.4 Å². The quantitative estimate of drug-likeness (QED) is 0.913. The fourth-order valence-corrected chi connectivity index (χ4v) is 4.10. The van der Waals surface area contributed by atoms with Crippen LogP contribution in [0.3, 0.4) is 0 Å². The summed E-state index contributed by atoms with van der Waals surface area (Å²) < 4.78 is 2.22. The van der Waals surface area contributed by atoms with Crippen LogP contribution in [0.25, 0.3) is 5.65 Å². The molecule has 3 atom stereocenters. The number of nitrogens with zero attached hydrogens (tertiary/aromatic N) is 2. The molecule has 2 heterocycles. The molecule has 2 aromatic rings. The minimum Gasteiger partial charge on any atom is -0.308 e. The summed E-state index contributed by atoms with van der Waals surface area (Å²) in [5, 5.41) is 3.79. The van der Waals surface area contributed by atoms with Gasteiger partial charge in [0.05, 0.1) is 11.4 Å². The topological polar surface area (TPSA) is 29.3 Å². The summed E-state index contributed by atoms with van der Waals surface area (Å²) in [4.78, 5) is 4.63. The number of aromatic nitrogens is 2. The maximum atomic E-state index is 4.63. The molecule has 0 aliphatic heterocycles. The maximum absolute atomic E-state index is 4.63. The second-order valence-corrected chi connectivity index (χ2v) is 6.24. The van der Waals surface area contributed by atoms with Gasteiger partial charge >= 0.3 is 0 Å². The van der Waals surface area contributed by atoms with Crippen LogP contribution in [-0.2, 0) is 6.54 Å². The van der Waals surface area contributed by atoms with Crippen LogP contribution in [0.4, 0.5) is 0 Å². The van der Waals surface area contributed by atoms with E-state index in [1.807, 2.05) is 0 Å². The first-order chi connectivity index (χ1) is 9.31. The second-order valence-electron chi connectivity index (χ2n) is 6.24. The third kappa shape index (κ3) is 1.88. The van der Waals surface area contributed by atoms with E-state index in [0.717, 1.165) is 35.8 Å². The van der Waals surface area contributed by atoms with Crippen molar-refractivity contribution in [3.05, 3.63) is 35.8 Å². The fraction of sp³-hybridized carbons (Fsp3) is 0.562. The van der Waals surface area contributed by atoms with E-state index in [2.05, 4.69) is 46.0 Å². The highest BCUT2D eigenvalue weighted by atomic mass is 15.1. The molecule has 4 rings (SSSR count). The normalized spacial score (nSPS) is 29.4. The highest BCUT2D eigenvalue weighted by Gasteiger charge is 2.39. The fourth-order valence-electron chi connectivity index (χ4n) is 4.10. The third-order valence-electron chi connectivity index (χ3n) is 5.10. The Labute approximate surface area is 114 Å². The van der Waals surface area contributed by atoms with Gasteiger partial charge in [0.1, 0.15) is 5.65 Å². The van der Waals surface area contributed by atoms with Crippen molar-refractivity contribution in [3.8, 4) is 0 Å². The molecule has 100 valence electrons. The van der Waals surface area contributed by atoms with Crippen molar-refractivity contribution in [1.82, 2.24) is 14.7 Å². The molecule has 0 saturated heterocycles. The molecule has 2 aromatic heterocycles. The number of imidazole rings is 1. The van der Waals surface area contributed by atoms with Crippen molar-refractivity contribution in [2.45, 2.75) is 45.2 Å². The first kappa shape index (κ1) is 11.5. The lowest BCUT2D eigenvalue weighted by Crippen LogP contribution is -2.33. The summed E-state index contributed by atoms with van der Waals surface area (Å²) in [6.45, 7) is 3.07. The Morgan fingerprint density at radius 3 is 3.05 bits per heavy atom. The first-order valence-corrected chi connectivity index (χ1v) is 7.47. The van der Waals surface area contributed by atoms with Gasteiger partial charge in [-0.15, -0.1) is 0 Å². The van der Waals surface area contributed by atoms with E-state index in [1.165, 1.54) is 31.4 Å². The predicted octanol–water partition coefficient (Wildman–Crippen LogP) is 2.92. The van der Waals surface area contributed by atoms with Gasteiger partial charge in [-0.05, 0) is 50.2 Å². The highest BCUT2D eigenvalue weighted by molar-refractivity contribution is 5.42. The van der Waals surface area contributed by atoms with Gasteiger partial charge in [-0.2, -0.15) is 0 Å². The molecule has 3 heteroatoms. The summed E-state index contributed by atoms with van der Waals surface area (Å²) in [7, 11) is 0. The van der Waals surface area contributed by atoms with Gasteiger partial charge in [0.25, 0.3) is 0 Å². The molecule has 19 heavy (non-hydrogen) atoms. The van der Waals surface area contributed by atoms with Crippen LogP contribution < -0.4 is 5.32 Å². The van der Waals surface area contributed by atoms with Gasteiger partial charge in [-0.25, -0.2) is 4.98 Å². The lowest BCUT2D eigenvalue weighted by atomic mass is 9.95. The van der Waals surface area contributed by atoms with Gasteiger partial charge in [0.2, 0.25) is 0 Å². The number of hydrogen-bond acceptors (Lipinski definition) is 2. The Balaban J connectivity index is 1.54. The van der Waals surface area contributed by atoms with Crippen LogP contribution in [0.1, 0.15) is 37.1 Å². The predicted molar refractivity (Wildman–Crippen MR) is 76.0 cm³/mol. The Bertz CT molecular complexity index is 601. The van der Waals surface area contributed by atoms with E-state index < -0.39 is 0 Å². The lowest BCUT2D eigenvalue weighted by Gasteiger charge is -2.23. The number of hydrogen-bond donors (Lipinski definition) is 1. The Hall–Kier alpha value is -1.35. The van der Waals surface area contributed by atoms with E-state index in [1.54, 1.807) is 0 Å². The average molecular weight is 255 g/mol. The SMILES string of the molecule is Cc1nc2ccccn2c1CNC1CC2CCC1C2. The smallest absolute Gasteiger partial charge is 0.137 e. The van der Waals surface area contributed by atoms with Crippen LogP contribution in [0.2, 0.25) is 0 Å². The second kappa shape index (κ2) is 4.34. The molecule has 2 saturated carbocycles. The molecule has 3 nitrogen and oxygen atoms in total. The van der Waals surface area contributed by atoms with E-state index in [9.17, 15) is 0 Å². The molecule has 2 bridgehead atoms. The minimum absolute atomic E-state index is 0.743. The molecule has 3 unspecified atom stereocenters. The average Bonchev–Trinajstić information content (AvgIpc) is 3.09. The summed E-state index contributed by atoms with van der Waals surface area (Å²) in [5.41, 5.74) is 3.53. The zero-order valence-electron chi connectivity index (χ0n) is 11.5. The Morgan fingerprint density at radius 2 is 2.26 bits per heavy atom.